The number of hydrogen-bond donors (Lipinski definition) is 0. The van der Waals surface area contributed by atoms with E-state index in [-0.39, 0.29) is 17.0 Å². The van der Waals surface area contributed by atoms with Crippen LogP contribution in [0.15, 0.2) is 12.1 Å². The summed E-state index contributed by atoms with van der Waals surface area (Å²) in [5.41, 5.74) is 0.438. The Morgan fingerprint density at radius 3 is 2.50 bits per heavy atom. The van der Waals surface area contributed by atoms with Crippen molar-refractivity contribution in [2.75, 3.05) is 0 Å². The second kappa shape index (κ2) is 3.75. The second-order valence-electron chi connectivity index (χ2n) is 2.93. The fraction of sp³-hybridized carbons (Fsp3) is 0.222. The zero-order valence-electron chi connectivity index (χ0n) is 7.70. The smallest absolute Gasteiger partial charge is 0.280 e. The predicted molar refractivity (Wildman–Crippen MR) is 52.8 cm³/mol. The number of Topliss-reactive ketones (excluding diaryl/α,β-unsaturated/α-hetero) is 1. The number of halogens is 1. The maximum atomic E-state index is 11.1. The molecular weight excluding hydrogens is 206 g/mol. The normalized spacial score (nSPS) is 9.93. The number of benzene rings is 1. The number of ketones is 1. The lowest BCUT2D eigenvalue weighted by atomic mass is 10.1. The molecule has 0 spiro atoms. The maximum absolute atomic E-state index is 11.1. The third-order valence-electron chi connectivity index (χ3n) is 1.85. The van der Waals surface area contributed by atoms with E-state index < -0.39 is 4.92 Å². The molecule has 0 saturated carbocycles. The summed E-state index contributed by atoms with van der Waals surface area (Å²) in [5, 5.41) is 11.0. The van der Waals surface area contributed by atoms with Crippen molar-refractivity contribution in [2.45, 2.75) is 13.8 Å². The van der Waals surface area contributed by atoms with E-state index in [0.717, 1.165) is 0 Å². The molecule has 0 aliphatic heterocycles. The van der Waals surface area contributed by atoms with Gasteiger partial charge in [-0.05, 0) is 25.5 Å². The van der Waals surface area contributed by atoms with Crippen molar-refractivity contribution in [3.63, 3.8) is 0 Å². The first kappa shape index (κ1) is 10.7. The minimum atomic E-state index is -0.583. The van der Waals surface area contributed by atoms with E-state index in [2.05, 4.69) is 0 Å². The molecule has 1 rings (SSSR count). The Labute approximate surface area is 85.6 Å². The molecule has 0 bridgehead atoms. The van der Waals surface area contributed by atoms with Crippen molar-refractivity contribution >= 4 is 23.1 Å². The van der Waals surface area contributed by atoms with Crippen LogP contribution in [0.1, 0.15) is 22.8 Å². The Balaban J connectivity index is 3.46. The van der Waals surface area contributed by atoms with Crippen LogP contribution in [0.4, 0.5) is 5.69 Å². The van der Waals surface area contributed by atoms with E-state index in [1.54, 1.807) is 6.92 Å². The first-order valence-electron chi connectivity index (χ1n) is 3.89. The molecule has 0 N–H and O–H groups in total. The highest BCUT2D eigenvalue weighted by atomic mass is 35.5. The number of nitro benzene ring substituents is 1. The Morgan fingerprint density at radius 1 is 1.50 bits per heavy atom. The van der Waals surface area contributed by atoms with E-state index in [1.807, 2.05) is 0 Å². The Hall–Kier alpha value is -1.42. The van der Waals surface area contributed by atoms with Crippen LogP contribution in [0.2, 0.25) is 5.02 Å². The Bertz CT molecular complexity index is 376. The van der Waals surface area contributed by atoms with Gasteiger partial charge in [-0.3, -0.25) is 14.9 Å². The lowest BCUT2D eigenvalue weighted by molar-refractivity contribution is -0.385. The molecule has 1 aromatic carbocycles. The quantitative estimate of drug-likeness (QED) is 0.431. The number of carbonyl (C=O) groups is 1. The van der Waals surface area contributed by atoms with Crippen LogP contribution in [0, 0.1) is 17.0 Å². The molecule has 0 heterocycles. The number of rotatable bonds is 2. The lowest BCUT2D eigenvalue weighted by Gasteiger charge is -2.02. The molecule has 0 unspecified atom stereocenters. The minimum absolute atomic E-state index is 0.0469. The van der Waals surface area contributed by atoms with Crippen molar-refractivity contribution < 1.29 is 9.72 Å². The van der Waals surface area contributed by atoms with Crippen molar-refractivity contribution in [1.82, 2.24) is 0 Å². The zero-order chi connectivity index (χ0) is 10.9. The van der Waals surface area contributed by atoms with Crippen molar-refractivity contribution in [3.8, 4) is 0 Å². The second-order valence-corrected chi connectivity index (χ2v) is 3.34. The summed E-state index contributed by atoms with van der Waals surface area (Å²) in [7, 11) is 0. The average molecular weight is 214 g/mol. The van der Waals surface area contributed by atoms with E-state index >= 15 is 0 Å². The molecular formula is C9H8ClNO3. The highest BCUT2D eigenvalue weighted by Gasteiger charge is 2.18. The molecule has 1 aromatic rings. The van der Waals surface area contributed by atoms with Crippen LogP contribution in [-0.4, -0.2) is 10.7 Å². The molecule has 0 aromatic heterocycles. The SMILES string of the molecule is CC(=O)c1cc(Cl)c(C)cc1[N+](=O)[O-]. The molecule has 14 heavy (non-hydrogen) atoms. The molecule has 0 saturated heterocycles. The highest BCUT2D eigenvalue weighted by molar-refractivity contribution is 6.31. The van der Waals surface area contributed by atoms with E-state index in [9.17, 15) is 14.9 Å². The predicted octanol–water partition coefficient (Wildman–Crippen LogP) is 2.76. The van der Waals surface area contributed by atoms with Crippen LogP contribution >= 0.6 is 11.6 Å². The molecule has 74 valence electrons. The standard InChI is InChI=1S/C9H8ClNO3/c1-5-3-9(11(13)14)7(6(2)12)4-8(5)10/h3-4H,1-2H3. The summed E-state index contributed by atoms with van der Waals surface area (Å²) in [5.74, 6) is -0.362. The van der Waals surface area contributed by atoms with Crippen LogP contribution in [0.3, 0.4) is 0 Å². The van der Waals surface area contributed by atoms with Gasteiger partial charge in [0.15, 0.2) is 5.78 Å². The molecule has 4 nitrogen and oxygen atoms in total. The number of aryl methyl sites for hydroxylation is 1. The summed E-state index contributed by atoms with van der Waals surface area (Å²) in [6.45, 7) is 2.92. The number of nitro groups is 1. The molecule has 0 aliphatic rings. The summed E-state index contributed by atoms with van der Waals surface area (Å²) >= 11 is 5.76. The molecule has 0 aliphatic carbocycles. The summed E-state index contributed by atoms with van der Waals surface area (Å²) in [6, 6.07) is 2.64. The van der Waals surface area contributed by atoms with E-state index in [1.165, 1.54) is 19.1 Å². The Kier molecular flexibility index (Phi) is 2.86. The van der Waals surface area contributed by atoms with Gasteiger partial charge in [0.25, 0.3) is 5.69 Å². The van der Waals surface area contributed by atoms with Crippen LogP contribution in [-0.2, 0) is 0 Å². The molecule has 0 amide bonds. The monoisotopic (exact) mass is 213 g/mol. The molecule has 0 fully saturated rings. The third-order valence-corrected chi connectivity index (χ3v) is 2.26. The average Bonchev–Trinajstić information content (AvgIpc) is 2.08. The third kappa shape index (κ3) is 1.90. The fourth-order valence-corrected chi connectivity index (χ4v) is 1.26. The van der Waals surface area contributed by atoms with Gasteiger partial charge in [0, 0.05) is 11.1 Å². The highest BCUT2D eigenvalue weighted by Crippen LogP contribution is 2.26. The Morgan fingerprint density at radius 2 is 2.07 bits per heavy atom. The first-order chi connectivity index (χ1) is 6.43. The largest absolute Gasteiger partial charge is 0.294 e. The molecule has 5 heteroatoms. The van der Waals surface area contributed by atoms with E-state index in [4.69, 9.17) is 11.6 Å². The number of carbonyl (C=O) groups excluding carboxylic acids is 1. The van der Waals surface area contributed by atoms with E-state index in [0.29, 0.717) is 10.6 Å². The topological polar surface area (TPSA) is 60.2 Å². The molecule has 0 radical (unpaired) electrons. The maximum Gasteiger partial charge on any atom is 0.280 e. The fourth-order valence-electron chi connectivity index (χ4n) is 1.10. The van der Waals surface area contributed by atoms with Crippen molar-refractivity contribution in [3.05, 3.63) is 38.4 Å². The van der Waals surface area contributed by atoms with Crippen molar-refractivity contribution in [2.24, 2.45) is 0 Å². The van der Waals surface area contributed by atoms with Gasteiger partial charge in [-0.15, -0.1) is 0 Å². The van der Waals surface area contributed by atoms with Crippen LogP contribution < -0.4 is 0 Å². The van der Waals surface area contributed by atoms with Gasteiger partial charge in [0.05, 0.1) is 10.5 Å². The minimum Gasteiger partial charge on any atom is -0.294 e. The van der Waals surface area contributed by atoms with Crippen molar-refractivity contribution in [1.29, 1.82) is 0 Å². The van der Waals surface area contributed by atoms with Gasteiger partial charge in [0.1, 0.15) is 0 Å². The lowest BCUT2D eigenvalue weighted by Crippen LogP contribution is -2.00. The van der Waals surface area contributed by atoms with Crippen LogP contribution in [0.5, 0.6) is 0 Å². The summed E-state index contributed by atoms with van der Waals surface area (Å²) < 4.78 is 0. The summed E-state index contributed by atoms with van der Waals surface area (Å²) in [6.07, 6.45) is 0. The van der Waals surface area contributed by atoms with Crippen LogP contribution in [0.25, 0.3) is 0 Å². The number of nitrogens with zero attached hydrogens (tertiary/aromatic N) is 1. The van der Waals surface area contributed by atoms with Gasteiger partial charge in [-0.1, -0.05) is 11.6 Å². The first-order valence-corrected chi connectivity index (χ1v) is 4.26. The van der Waals surface area contributed by atoms with Gasteiger partial charge < -0.3 is 0 Å². The zero-order valence-corrected chi connectivity index (χ0v) is 8.46. The van der Waals surface area contributed by atoms with Gasteiger partial charge in [0.2, 0.25) is 0 Å². The van der Waals surface area contributed by atoms with Gasteiger partial charge >= 0.3 is 0 Å². The summed E-state index contributed by atoms with van der Waals surface area (Å²) in [4.78, 5) is 21.1. The van der Waals surface area contributed by atoms with Gasteiger partial charge in [-0.25, -0.2) is 0 Å². The number of hydrogen-bond acceptors (Lipinski definition) is 3. The molecule has 0 atom stereocenters. The van der Waals surface area contributed by atoms with Gasteiger partial charge in [-0.2, -0.15) is 0 Å².